The normalized spacial score (nSPS) is 11.0. The number of anilines is 1. The zero-order valence-electron chi connectivity index (χ0n) is 15.5. The zero-order valence-corrected chi connectivity index (χ0v) is 17.1. The van der Waals surface area contributed by atoms with Gasteiger partial charge >= 0.3 is 0 Å². The number of rotatable bonds is 6. The van der Waals surface area contributed by atoms with Crippen LogP contribution in [0.1, 0.15) is 26.3 Å². The van der Waals surface area contributed by atoms with Crippen molar-refractivity contribution in [3.63, 3.8) is 0 Å². The van der Waals surface area contributed by atoms with Crippen molar-refractivity contribution < 1.29 is 9.47 Å². The molecule has 1 heterocycles. The van der Waals surface area contributed by atoms with Crippen LogP contribution < -0.4 is 14.8 Å². The monoisotopic (exact) mass is 414 g/mol. The summed E-state index contributed by atoms with van der Waals surface area (Å²) in [6.45, 7) is 8.99. The number of hydrogen-bond acceptors (Lipinski definition) is 4. The van der Waals surface area contributed by atoms with Crippen LogP contribution in [-0.4, -0.2) is 17.6 Å². The Balaban J connectivity index is 1.86. The minimum Gasteiger partial charge on any atom is -0.490 e. The van der Waals surface area contributed by atoms with Gasteiger partial charge in [-0.25, -0.2) is 4.98 Å². The van der Waals surface area contributed by atoms with Crippen molar-refractivity contribution in [3.05, 3.63) is 52.5 Å². The van der Waals surface area contributed by atoms with Gasteiger partial charge in [-0.1, -0.05) is 0 Å². The Morgan fingerprint density at radius 2 is 1.88 bits per heavy atom. The van der Waals surface area contributed by atoms with Crippen molar-refractivity contribution in [2.45, 2.75) is 33.8 Å². The molecule has 2 aromatic carbocycles. The van der Waals surface area contributed by atoms with Crippen molar-refractivity contribution in [1.82, 2.24) is 4.98 Å². The summed E-state index contributed by atoms with van der Waals surface area (Å²) in [6, 6.07) is 13.9. The molecular weight excluding hydrogens is 392 g/mol. The Kier molecular flexibility index (Phi) is 5.67. The lowest BCUT2D eigenvalue weighted by atomic mass is 10.2. The van der Waals surface area contributed by atoms with Gasteiger partial charge in [-0.3, -0.25) is 0 Å². The molecule has 136 valence electrons. The lowest BCUT2D eigenvalue weighted by molar-refractivity contribution is 0.240. The molecule has 1 aromatic heterocycles. The van der Waals surface area contributed by atoms with E-state index >= 15 is 0 Å². The van der Waals surface area contributed by atoms with Crippen LogP contribution in [0.5, 0.6) is 17.4 Å². The zero-order chi connectivity index (χ0) is 18.7. The predicted octanol–water partition coefficient (Wildman–Crippen LogP) is 6.32. The average Bonchev–Trinajstić information content (AvgIpc) is 2.59. The highest BCUT2D eigenvalue weighted by Crippen LogP contribution is 2.35. The fourth-order valence-corrected chi connectivity index (χ4v) is 3.10. The van der Waals surface area contributed by atoms with E-state index in [4.69, 9.17) is 9.47 Å². The molecule has 0 bridgehead atoms. The van der Waals surface area contributed by atoms with Crippen LogP contribution in [0.25, 0.3) is 10.9 Å². The number of nitrogens with zero attached hydrogens (tertiary/aromatic N) is 1. The number of nitrogens with one attached hydrogen (secondary N) is 1. The number of halogens is 1. The molecular formula is C21H23BrN2O2. The molecule has 0 fully saturated rings. The van der Waals surface area contributed by atoms with Crippen LogP contribution in [0.15, 0.2) is 46.9 Å². The second-order valence-corrected chi connectivity index (χ2v) is 7.26. The number of aromatic nitrogens is 1. The molecule has 0 saturated carbocycles. The molecule has 0 aliphatic heterocycles. The maximum Gasteiger partial charge on any atom is 0.219 e. The summed E-state index contributed by atoms with van der Waals surface area (Å²) in [5, 5.41) is 4.39. The second-order valence-electron chi connectivity index (χ2n) is 6.40. The topological polar surface area (TPSA) is 43.4 Å². The second kappa shape index (κ2) is 7.96. The lowest BCUT2D eigenvalue weighted by Gasteiger charge is -2.15. The van der Waals surface area contributed by atoms with Crippen molar-refractivity contribution in [3.8, 4) is 17.4 Å². The van der Waals surface area contributed by atoms with E-state index in [2.05, 4.69) is 39.2 Å². The Hall–Kier alpha value is -2.27. The highest BCUT2D eigenvalue weighted by atomic mass is 79.9. The largest absolute Gasteiger partial charge is 0.490 e. The number of pyridine rings is 1. The fourth-order valence-electron chi connectivity index (χ4n) is 2.68. The van der Waals surface area contributed by atoms with E-state index in [1.807, 2.05) is 57.2 Å². The summed E-state index contributed by atoms with van der Waals surface area (Å²) in [7, 11) is 0. The molecule has 4 nitrogen and oxygen atoms in total. The minimum atomic E-state index is 0.117. The number of fused-ring (bicyclic) bond motifs is 1. The number of hydrogen-bond donors (Lipinski definition) is 1. The van der Waals surface area contributed by atoms with Crippen molar-refractivity contribution >= 4 is 32.5 Å². The van der Waals surface area contributed by atoms with E-state index in [-0.39, 0.29) is 6.10 Å². The van der Waals surface area contributed by atoms with Crippen LogP contribution in [0, 0.1) is 6.92 Å². The summed E-state index contributed by atoms with van der Waals surface area (Å²) in [5.74, 6) is 2.14. The molecule has 0 saturated heterocycles. The first kappa shape index (κ1) is 18.5. The smallest absolute Gasteiger partial charge is 0.219 e. The van der Waals surface area contributed by atoms with Gasteiger partial charge in [-0.05, 0) is 85.6 Å². The third-order valence-corrected chi connectivity index (χ3v) is 4.47. The van der Waals surface area contributed by atoms with E-state index in [1.54, 1.807) is 0 Å². The van der Waals surface area contributed by atoms with E-state index in [0.717, 1.165) is 44.7 Å². The van der Waals surface area contributed by atoms with Crippen molar-refractivity contribution in [1.29, 1.82) is 0 Å². The Morgan fingerprint density at radius 1 is 1.08 bits per heavy atom. The van der Waals surface area contributed by atoms with Gasteiger partial charge in [0, 0.05) is 23.7 Å². The van der Waals surface area contributed by atoms with E-state index in [9.17, 15) is 0 Å². The number of ether oxygens (including phenoxy) is 2. The summed E-state index contributed by atoms with van der Waals surface area (Å²) in [6.07, 6.45) is 0.117. The van der Waals surface area contributed by atoms with E-state index < -0.39 is 0 Å². The van der Waals surface area contributed by atoms with Gasteiger partial charge in [0.05, 0.1) is 16.1 Å². The van der Waals surface area contributed by atoms with Crippen LogP contribution >= 0.6 is 15.9 Å². The summed E-state index contributed by atoms with van der Waals surface area (Å²) >= 11 is 3.55. The fraction of sp³-hybridized carbons (Fsp3) is 0.286. The maximum absolute atomic E-state index is 6.02. The van der Waals surface area contributed by atoms with Crippen LogP contribution in [0.2, 0.25) is 0 Å². The molecule has 0 atom stereocenters. The predicted molar refractivity (Wildman–Crippen MR) is 111 cm³/mol. The summed E-state index contributed by atoms with van der Waals surface area (Å²) in [4.78, 5) is 4.62. The minimum absolute atomic E-state index is 0.117. The molecule has 3 aromatic rings. The molecule has 26 heavy (non-hydrogen) atoms. The molecule has 0 unspecified atom stereocenters. The quantitative estimate of drug-likeness (QED) is 0.512. The van der Waals surface area contributed by atoms with Gasteiger partial charge in [-0.2, -0.15) is 0 Å². The third-order valence-electron chi connectivity index (χ3n) is 3.85. The van der Waals surface area contributed by atoms with Crippen molar-refractivity contribution in [2.75, 3.05) is 11.9 Å². The van der Waals surface area contributed by atoms with Gasteiger partial charge < -0.3 is 14.8 Å². The van der Waals surface area contributed by atoms with Gasteiger partial charge in [-0.15, -0.1) is 0 Å². The van der Waals surface area contributed by atoms with Crippen LogP contribution in [-0.2, 0) is 0 Å². The molecule has 1 N–H and O–H groups in total. The highest BCUT2D eigenvalue weighted by molar-refractivity contribution is 9.10. The van der Waals surface area contributed by atoms with Gasteiger partial charge in [0.2, 0.25) is 5.88 Å². The van der Waals surface area contributed by atoms with Crippen molar-refractivity contribution in [2.24, 2.45) is 0 Å². The lowest BCUT2D eigenvalue weighted by Crippen LogP contribution is -2.06. The summed E-state index contributed by atoms with van der Waals surface area (Å²) < 4.78 is 12.7. The molecule has 0 aliphatic carbocycles. The molecule has 5 heteroatoms. The molecule has 0 radical (unpaired) electrons. The molecule has 0 spiro atoms. The first-order valence-corrected chi connectivity index (χ1v) is 9.55. The van der Waals surface area contributed by atoms with E-state index in [1.165, 1.54) is 0 Å². The van der Waals surface area contributed by atoms with Gasteiger partial charge in [0.25, 0.3) is 0 Å². The Labute approximate surface area is 162 Å². The summed E-state index contributed by atoms with van der Waals surface area (Å²) in [5.41, 5.74) is 2.99. The first-order valence-electron chi connectivity index (χ1n) is 8.75. The van der Waals surface area contributed by atoms with Crippen LogP contribution in [0.4, 0.5) is 5.69 Å². The van der Waals surface area contributed by atoms with Crippen LogP contribution in [0.3, 0.4) is 0 Å². The number of benzene rings is 2. The Bertz CT molecular complexity index is 925. The number of aryl methyl sites for hydroxylation is 1. The van der Waals surface area contributed by atoms with Gasteiger partial charge in [0.15, 0.2) is 0 Å². The maximum atomic E-state index is 6.02. The molecule has 0 amide bonds. The Morgan fingerprint density at radius 3 is 2.62 bits per heavy atom. The molecule has 3 rings (SSSR count). The average molecular weight is 415 g/mol. The third kappa shape index (κ3) is 4.28. The SMILES string of the molecule is CCNc1ccc2nc(Oc3cc(Br)c(OC(C)C)cc3C)ccc2c1. The molecule has 0 aliphatic rings. The first-order chi connectivity index (χ1) is 12.5. The van der Waals surface area contributed by atoms with E-state index in [0.29, 0.717) is 5.88 Å². The van der Waals surface area contributed by atoms with Gasteiger partial charge in [0.1, 0.15) is 11.5 Å². The standard InChI is InChI=1S/C21H23BrN2O2/c1-5-23-16-7-8-18-15(11-16)6-9-21(24-18)26-19-12-17(22)20(10-14(19)4)25-13(2)3/h6-13,23H,5H2,1-4H3. The highest BCUT2D eigenvalue weighted by Gasteiger charge is 2.11.